The Morgan fingerprint density at radius 1 is 1.18 bits per heavy atom. The van der Waals surface area contributed by atoms with Crippen molar-refractivity contribution in [3.8, 4) is 11.8 Å². The molecule has 144 valence electrons. The number of rotatable bonds is 5. The van der Waals surface area contributed by atoms with E-state index in [1.807, 2.05) is 41.8 Å². The lowest BCUT2D eigenvalue weighted by molar-refractivity contribution is -0.126. The molecule has 0 saturated heterocycles. The molecule has 0 fully saturated rings. The van der Waals surface area contributed by atoms with Gasteiger partial charge in [-0.3, -0.25) is 4.79 Å². The van der Waals surface area contributed by atoms with Crippen LogP contribution in [0.25, 0.3) is 11.2 Å². The highest BCUT2D eigenvalue weighted by molar-refractivity contribution is 5.78. The average Bonchev–Trinajstić information content (AvgIpc) is 3.10. The highest BCUT2D eigenvalue weighted by Crippen LogP contribution is 2.19. The van der Waals surface area contributed by atoms with Crippen molar-refractivity contribution in [2.45, 2.75) is 33.7 Å². The minimum absolute atomic E-state index is 0.0530. The van der Waals surface area contributed by atoms with Crippen molar-refractivity contribution in [1.29, 1.82) is 0 Å². The molecule has 0 radical (unpaired) electrons. The Hall–Kier alpha value is -3.20. The predicted molar refractivity (Wildman–Crippen MR) is 109 cm³/mol. The molecule has 3 aromatic rings. The summed E-state index contributed by atoms with van der Waals surface area (Å²) in [5.74, 6) is 6.89. The number of carbonyl (C=O) groups is 1. The fourth-order valence-electron chi connectivity index (χ4n) is 3.19. The van der Waals surface area contributed by atoms with Gasteiger partial charge in [0.2, 0.25) is 11.7 Å². The van der Waals surface area contributed by atoms with Crippen molar-refractivity contribution in [2.24, 2.45) is 11.8 Å². The van der Waals surface area contributed by atoms with E-state index in [1.54, 1.807) is 13.4 Å². The lowest BCUT2D eigenvalue weighted by Crippen LogP contribution is -2.31. The van der Waals surface area contributed by atoms with E-state index < -0.39 is 0 Å². The molecule has 1 amide bonds. The first-order chi connectivity index (χ1) is 13.5. The van der Waals surface area contributed by atoms with Gasteiger partial charge < -0.3 is 9.88 Å². The van der Waals surface area contributed by atoms with E-state index in [9.17, 15) is 4.79 Å². The second-order valence-electron chi connectivity index (χ2n) is 7.11. The summed E-state index contributed by atoms with van der Waals surface area (Å²) in [6.45, 7) is 6.70. The maximum Gasteiger partial charge on any atom is 0.223 e. The highest BCUT2D eigenvalue weighted by Gasteiger charge is 2.21. The van der Waals surface area contributed by atoms with Crippen molar-refractivity contribution >= 4 is 17.1 Å². The Labute approximate surface area is 165 Å². The maximum absolute atomic E-state index is 12.1. The van der Waals surface area contributed by atoms with E-state index in [4.69, 9.17) is 0 Å². The van der Waals surface area contributed by atoms with Crippen LogP contribution in [0.1, 0.15) is 37.4 Å². The van der Waals surface area contributed by atoms with E-state index in [1.165, 1.54) is 0 Å². The first-order valence-corrected chi connectivity index (χ1v) is 9.47. The van der Waals surface area contributed by atoms with E-state index in [-0.39, 0.29) is 17.7 Å². The molecule has 0 spiro atoms. The van der Waals surface area contributed by atoms with Crippen LogP contribution in [0.3, 0.4) is 0 Å². The van der Waals surface area contributed by atoms with Crippen molar-refractivity contribution in [2.75, 3.05) is 7.05 Å². The fourth-order valence-corrected chi connectivity index (χ4v) is 3.19. The molecule has 1 aromatic carbocycles. The number of amides is 1. The van der Waals surface area contributed by atoms with Crippen molar-refractivity contribution < 1.29 is 4.79 Å². The molecule has 3 rings (SSSR count). The van der Waals surface area contributed by atoms with Gasteiger partial charge in [-0.15, -0.1) is 0 Å². The molecule has 0 aliphatic carbocycles. The minimum Gasteiger partial charge on any atom is -0.359 e. The predicted octanol–water partition coefficient (Wildman–Crippen LogP) is 2.94. The van der Waals surface area contributed by atoms with Crippen LogP contribution in [-0.2, 0) is 11.3 Å². The quantitative estimate of drug-likeness (QED) is 0.696. The van der Waals surface area contributed by atoms with Crippen LogP contribution >= 0.6 is 0 Å². The molecular formula is C22H25N5O. The van der Waals surface area contributed by atoms with E-state index in [0.717, 1.165) is 28.8 Å². The summed E-state index contributed by atoms with van der Waals surface area (Å²) >= 11 is 0. The van der Waals surface area contributed by atoms with Crippen molar-refractivity contribution in [1.82, 2.24) is 24.8 Å². The van der Waals surface area contributed by atoms with Gasteiger partial charge in [-0.2, -0.15) is 0 Å². The third-order valence-corrected chi connectivity index (χ3v) is 4.80. The van der Waals surface area contributed by atoms with Crippen LogP contribution in [0.5, 0.6) is 0 Å². The monoisotopic (exact) mass is 375 g/mol. The van der Waals surface area contributed by atoms with Gasteiger partial charge in [0.05, 0.1) is 12.0 Å². The minimum atomic E-state index is -0.0530. The van der Waals surface area contributed by atoms with E-state index in [2.05, 4.69) is 46.0 Å². The molecule has 0 bridgehead atoms. The highest BCUT2D eigenvalue weighted by atomic mass is 16.1. The number of benzene rings is 1. The summed E-state index contributed by atoms with van der Waals surface area (Å²) in [4.78, 5) is 25.7. The zero-order valence-electron chi connectivity index (χ0n) is 16.7. The molecule has 0 aliphatic rings. The van der Waals surface area contributed by atoms with Gasteiger partial charge in [0.25, 0.3) is 0 Å². The number of hydrogen-bond acceptors (Lipinski definition) is 4. The zero-order chi connectivity index (χ0) is 20.1. The van der Waals surface area contributed by atoms with Gasteiger partial charge in [-0.25, -0.2) is 15.0 Å². The van der Waals surface area contributed by atoms with Crippen molar-refractivity contribution in [3.63, 3.8) is 0 Å². The zero-order valence-corrected chi connectivity index (χ0v) is 16.7. The second kappa shape index (κ2) is 8.66. The largest absolute Gasteiger partial charge is 0.359 e. The van der Waals surface area contributed by atoms with Crippen LogP contribution in [0.15, 0.2) is 36.7 Å². The van der Waals surface area contributed by atoms with Crippen LogP contribution in [0, 0.1) is 30.6 Å². The topological polar surface area (TPSA) is 72.7 Å². The van der Waals surface area contributed by atoms with Gasteiger partial charge in [0.15, 0.2) is 5.65 Å². The maximum atomic E-state index is 12.1. The summed E-state index contributed by atoms with van der Waals surface area (Å²) in [6, 6.07) is 9.76. The lowest BCUT2D eigenvalue weighted by atomic mass is 9.91. The van der Waals surface area contributed by atoms with Gasteiger partial charge >= 0.3 is 0 Å². The molecule has 0 saturated carbocycles. The Balaban J connectivity index is 1.87. The number of fused-ring (bicyclic) bond motifs is 1. The normalized spacial score (nSPS) is 11.9. The molecular weight excluding hydrogens is 350 g/mol. The summed E-state index contributed by atoms with van der Waals surface area (Å²) < 4.78 is 1.98. The fraction of sp³-hybridized carbons (Fsp3) is 0.364. The number of nitrogens with zero attached hydrogens (tertiary/aromatic N) is 4. The third kappa shape index (κ3) is 4.37. The summed E-state index contributed by atoms with van der Waals surface area (Å²) in [7, 11) is 1.68. The van der Waals surface area contributed by atoms with E-state index in [0.29, 0.717) is 12.4 Å². The van der Waals surface area contributed by atoms with Crippen LogP contribution in [0.4, 0.5) is 0 Å². The Morgan fingerprint density at radius 3 is 2.61 bits per heavy atom. The number of nitrogens with one attached hydrogen (secondary N) is 1. The number of hydrogen-bond donors (Lipinski definition) is 1. The molecule has 0 aliphatic heterocycles. The van der Waals surface area contributed by atoms with Gasteiger partial charge in [-0.1, -0.05) is 38.0 Å². The third-order valence-electron chi connectivity index (χ3n) is 4.80. The first-order valence-electron chi connectivity index (χ1n) is 9.47. The summed E-state index contributed by atoms with van der Waals surface area (Å²) in [5.41, 5.74) is 3.24. The van der Waals surface area contributed by atoms with Crippen LogP contribution in [-0.4, -0.2) is 32.5 Å². The number of aromatic nitrogens is 4. The van der Waals surface area contributed by atoms with Gasteiger partial charge in [0.1, 0.15) is 5.52 Å². The molecule has 28 heavy (non-hydrogen) atoms. The standard InChI is InChI=1S/C22H25N5O/c1-15(2)18(22(28)23-4)12-13-27-14-24-20-16(3)25-19(26-21(20)27)11-10-17-8-6-5-7-9-17/h5-9,14-15,18H,12-13H2,1-4H3,(H,23,28). The Bertz CT molecular complexity index is 1030. The Kier molecular flexibility index (Phi) is 6.05. The van der Waals surface area contributed by atoms with Gasteiger partial charge in [-0.05, 0) is 37.3 Å². The van der Waals surface area contributed by atoms with Crippen LogP contribution < -0.4 is 5.32 Å². The Morgan fingerprint density at radius 2 is 1.93 bits per heavy atom. The molecule has 1 atom stereocenters. The second-order valence-corrected chi connectivity index (χ2v) is 7.11. The summed E-state index contributed by atoms with van der Waals surface area (Å²) in [6.07, 6.45) is 2.48. The van der Waals surface area contributed by atoms with Gasteiger partial charge in [0, 0.05) is 25.1 Å². The molecule has 2 heterocycles. The van der Waals surface area contributed by atoms with Crippen LogP contribution in [0.2, 0.25) is 0 Å². The lowest BCUT2D eigenvalue weighted by Gasteiger charge is -2.19. The average molecular weight is 375 g/mol. The first kappa shape index (κ1) is 19.6. The molecule has 6 nitrogen and oxygen atoms in total. The van der Waals surface area contributed by atoms with Crippen molar-refractivity contribution in [3.05, 3.63) is 53.7 Å². The molecule has 6 heteroatoms. The SMILES string of the molecule is CNC(=O)C(CCn1cnc2c(C)nc(C#Cc3ccccc3)nc21)C(C)C. The molecule has 1 unspecified atom stereocenters. The van der Waals surface area contributed by atoms with E-state index >= 15 is 0 Å². The molecule has 1 N–H and O–H groups in total. The summed E-state index contributed by atoms with van der Waals surface area (Å²) in [5, 5.41) is 2.76. The number of carbonyl (C=O) groups excluding carboxylic acids is 1. The molecule has 2 aromatic heterocycles. The number of imidazole rings is 1. The smallest absolute Gasteiger partial charge is 0.223 e. The number of aryl methyl sites for hydroxylation is 2.